The lowest BCUT2D eigenvalue weighted by Gasteiger charge is -2.30. The summed E-state index contributed by atoms with van der Waals surface area (Å²) in [6, 6.07) is 8.30. The van der Waals surface area contributed by atoms with Crippen molar-refractivity contribution in [2.75, 3.05) is 18.8 Å². The van der Waals surface area contributed by atoms with Crippen LogP contribution in [0.5, 0.6) is 0 Å². The summed E-state index contributed by atoms with van der Waals surface area (Å²) in [5.74, 6) is 1.20. The highest BCUT2D eigenvalue weighted by molar-refractivity contribution is 8.00. The smallest absolute Gasteiger partial charge is 0.232 e. The van der Waals surface area contributed by atoms with Gasteiger partial charge in [0.05, 0.1) is 5.75 Å². The summed E-state index contributed by atoms with van der Waals surface area (Å²) in [6.07, 6.45) is 3.89. The number of benzene rings is 1. The standard InChI is InChI=1S/C20H22N4OS2/c1-13-5-7-15(8-6-13)17-18-19(27-23-17)20(22-12-21-18)26-11-16(25)24-9-3-4-14(2)10-24/h5-8,12,14H,3-4,9-11H2,1-2H3. The van der Waals surface area contributed by atoms with Crippen LogP contribution < -0.4 is 0 Å². The lowest BCUT2D eigenvalue weighted by molar-refractivity contribution is -0.130. The molecule has 2 aromatic heterocycles. The Hall–Kier alpha value is -1.99. The molecule has 1 unspecified atom stereocenters. The molecule has 1 aliphatic rings. The van der Waals surface area contributed by atoms with E-state index in [1.165, 1.54) is 35.3 Å². The Morgan fingerprint density at radius 1 is 1.30 bits per heavy atom. The number of fused-ring (bicyclic) bond motifs is 1. The van der Waals surface area contributed by atoms with E-state index in [1.807, 2.05) is 4.90 Å². The minimum absolute atomic E-state index is 0.196. The van der Waals surface area contributed by atoms with E-state index in [0.717, 1.165) is 46.0 Å². The maximum Gasteiger partial charge on any atom is 0.232 e. The van der Waals surface area contributed by atoms with Crippen LogP contribution in [-0.2, 0) is 4.79 Å². The Balaban J connectivity index is 1.53. The van der Waals surface area contributed by atoms with Crippen molar-refractivity contribution in [1.29, 1.82) is 0 Å². The molecule has 1 saturated heterocycles. The van der Waals surface area contributed by atoms with E-state index >= 15 is 0 Å². The molecule has 3 aromatic rings. The minimum Gasteiger partial charge on any atom is -0.342 e. The van der Waals surface area contributed by atoms with Gasteiger partial charge < -0.3 is 4.90 Å². The third-order valence-corrected chi connectivity index (χ3v) is 6.84. The van der Waals surface area contributed by atoms with Gasteiger partial charge in [-0.1, -0.05) is 48.5 Å². The van der Waals surface area contributed by atoms with Crippen molar-refractivity contribution >= 4 is 39.4 Å². The van der Waals surface area contributed by atoms with Gasteiger partial charge in [-0.2, -0.15) is 4.37 Å². The number of nitrogens with zero attached hydrogens (tertiary/aromatic N) is 4. The van der Waals surface area contributed by atoms with E-state index in [0.29, 0.717) is 11.7 Å². The molecule has 1 amide bonds. The highest BCUT2D eigenvalue weighted by atomic mass is 32.2. The number of carbonyl (C=O) groups is 1. The average Bonchev–Trinajstić information content (AvgIpc) is 3.11. The zero-order valence-electron chi connectivity index (χ0n) is 15.5. The molecule has 0 saturated carbocycles. The van der Waals surface area contributed by atoms with Gasteiger partial charge in [0, 0.05) is 18.7 Å². The maximum atomic E-state index is 12.6. The number of aromatic nitrogens is 3. The Morgan fingerprint density at radius 3 is 2.89 bits per heavy atom. The van der Waals surface area contributed by atoms with Gasteiger partial charge in [0.25, 0.3) is 0 Å². The first kappa shape index (κ1) is 18.4. The highest BCUT2D eigenvalue weighted by Gasteiger charge is 2.22. The number of amides is 1. The minimum atomic E-state index is 0.196. The first-order valence-electron chi connectivity index (χ1n) is 9.20. The molecule has 1 fully saturated rings. The van der Waals surface area contributed by atoms with Crippen LogP contribution in [0.3, 0.4) is 0 Å². The number of thioether (sulfide) groups is 1. The second-order valence-electron chi connectivity index (χ2n) is 7.13. The van der Waals surface area contributed by atoms with Crippen LogP contribution in [0.25, 0.3) is 21.5 Å². The van der Waals surface area contributed by atoms with E-state index in [9.17, 15) is 4.79 Å². The molecule has 0 N–H and O–H groups in total. The van der Waals surface area contributed by atoms with E-state index in [1.54, 1.807) is 6.33 Å². The van der Waals surface area contributed by atoms with Gasteiger partial charge >= 0.3 is 0 Å². The zero-order valence-corrected chi connectivity index (χ0v) is 17.1. The summed E-state index contributed by atoms with van der Waals surface area (Å²) in [6.45, 7) is 6.03. The van der Waals surface area contributed by atoms with Crippen molar-refractivity contribution in [2.24, 2.45) is 5.92 Å². The molecule has 0 aliphatic carbocycles. The Kier molecular flexibility index (Phi) is 5.41. The van der Waals surface area contributed by atoms with Crippen molar-refractivity contribution < 1.29 is 4.79 Å². The van der Waals surface area contributed by atoms with Crippen LogP contribution in [-0.4, -0.2) is 44.0 Å². The zero-order chi connectivity index (χ0) is 18.8. The summed E-state index contributed by atoms with van der Waals surface area (Å²) < 4.78 is 5.57. The third kappa shape index (κ3) is 3.99. The number of aryl methyl sites for hydroxylation is 1. The second-order valence-corrected chi connectivity index (χ2v) is 8.87. The predicted molar refractivity (Wildman–Crippen MR) is 111 cm³/mol. The molecule has 1 aromatic carbocycles. The Morgan fingerprint density at radius 2 is 2.11 bits per heavy atom. The lowest BCUT2D eigenvalue weighted by atomic mass is 10.0. The summed E-state index contributed by atoms with van der Waals surface area (Å²) in [5, 5.41) is 0.842. The van der Waals surface area contributed by atoms with E-state index in [2.05, 4.69) is 52.5 Å². The van der Waals surface area contributed by atoms with Crippen LogP contribution in [0.15, 0.2) is 35.6 Å². The third-order valence-electron chi connectivity index (χ3n) is 4.89. The van der Waals surface area contributed by atoms with E-state index in [-0.39, 0.29) is 5.91 Å². The Bertz CT molecular complexity index is 954. The molecule has 7 heteroatoms. The summed E-state index contributed by atoms with van der Waals surface area (Å²) in [7, 11) is 0. The summed E-state index contributed by atoms with van der Waals surface area (Å²) >= 11 is 2.90. The topological polar surface area (TPSA) is 59.0 Å². The van der Waals surface area contributed by atoms with Gasteiger partial charge in [0.15, 0.2) is 0 Å². The normalized spacial score (nSPS) is 17.4. The highest BCUT2D eigenvalue weighted by Crippen LogP contribution is 2.34. The molecule has 1 aliphatic heterocycles. The van der Waals surface area contributed by atoms with Gasteiger partial charge in [-0.15, -0.1) is 0 Å². The molecule has 3 heterocycles. The van der Waals surface area contributed by atoms with E-state index in [4.69, 9.17) is 0 Å². The monoisotopic (exact) mass is 398 g/mol. The maximum absolute atomic E-state index is 12.6. The fraction of sp³-hybridized carbons (Fsp3) is 0.400. The molecule has 0 spiro atoms. The number of rotatable bonds is 4. The summed E-state index contributed by atoms with van der Waals surface area (Å²) in [4.78, 5) is 23.4. The number of carbonyl (C=O) groups excluding carboxylic acids is 1. The van der Waals surface area contributed by atoms with Crippen molar-refractivity contribution in [3.8, 4) is 11.3 Å². The van der Waals surface area contributed by atoms with Crippen molar-refractivity contribution in [1.82, 2.24) is 19.2 Å². The quantitative estimate of drug-likeness (QED) is 0.481. The summed E-state index contributed by atoms with van der Waals surface area (Å²) in [5.41, 5.74) is 4.02. The van der Waals surface area contributed by atoms with Crippen LogP contribution >= 0.6 is 23.3 Å². The van der Waals surface area contributed by atoms with Gasteiger partial charge in [-0.05, 0) is 37.2 Å². The van der Waals surface area contributed by atoms with Crippen LogP contribution in [0.4, 0.5) is 0 Å². The molecule has 4 rings (SSSR count). The Labute approximate surface area is 167 Å². The van der Waals surface area contributed by atoms with E-state index < -0.39 is 0 Å². The molecular weight excluding hydrogens is 376 g/mol. The second kappa shape index (κ2) is 7.94. The van der Waals surface area contributed by atoms with Gasteiger partial charge in [-0.25, -0.2) is 9.97 Å². The molecular formula is C20H22N4OS2. The van der Waals surface area contributed by atoms with Crippen molar-refractivity contribution in [3.05, 3.63) is 36.2 Å². The van der Waals surface area contributed by atoms with Gasteiger partial charge in [0.1, 0.15) is 27.3 Å². The number of hydrogen-bond donors (Lipinski definition) is 0. The molecule has 27 heavy (non-hydrogen) atoms. The fourth-order valence-electron chi connectivity index (χ4n) is 3.38. The first-order chi connectivity index (χ1) is 13.1. The molecule has 0 bridgehead atoms. The number of likely N-dealkylation sites (tertiary alicyclic amines) is 1. The number of hydrogen-bond acceptors (Lipinski definition) is 6. The number of piperidine rings is 1. The molecule has 0 radical (unpaired) electrons. The van der Waals surface area contributed by atoms with Crippen LogP contribution in [0.2, 0.25) is 0 Å². The van der Waals surface area contributed by atoms with Crippen LogP contribution in [0, 0.1) is 12.8 Å². The largest absolute Gasteiger partial charge is 0.342 e. The molecule has 1 atom stereocenters. The molecule has 140 valence electrons. The SMILES string of the molecule is Cc1ccc(-c2nsc3c(SCC(=O)N4CCCC(C)C4)ncnc23)cc1. The average molecular weight is 399 g/mol. The predicted octanol–water partition coefficient (Wildman–Crippen LogP) is 4.41. The van der Waals surface area contributed by atoms with Gasteiger partial charge in [-0.3, -0.25) is 4.79 Å². The van der Waals surface area contributed by atoms with Gasteiger partial charge in [0.2, 0.25) is 5.91 Å². The molecule has 5 nitrogen and oxygen atoms in total. The van der Waals surface area contributed by atoms with Crippen molar-refractivity contribution in [3.63, 3.8) is 0 Å². The van der Waals surface area contributed by atoms with Crippen molar-refractivity contribution in [2.45, 2.75) is 31.7 Å². The first-order valence-corrected chi connectivity index (χ1v) is 11.0. The lowest BCUT2D eigenvalue weighted by Crippen LogP contribution is -2.40. The fourth-order valence-corrected chi connectivity index (χ4v) is 5.21. The van der Waals surface area contributed by atoms with Crippen LogP contribution in [0.1, 0.15) is 25.3 Å².